The molecule has 0 atom stereocenters. The summed E-state index contributed by atoms with van der Waals surface area (Å²) in [7, 11) is 0. The molecule has 2 nitrogen and oxygen atoms in total. The van der Waals surface area contributed by atoms with Crippen molar-refractivity contribution < 1.29 is 9.53 Å². The number of hydrogen-bond donors (Lipinski definition) is 0. The SMILES string of the molecule is CC(=O)OCCC[CH2][Sn]([CH3])[CH3]. The Morgan fingerprint density at radius 1 is 1.36 bits per heavy atom. The van der Waals surface area contributed by atoms with Crippen molar-refractivity contribution in [2.75, 3.05) is 6.61 Å². The molecule has 0 aliphatic rings. The van der Waals surface area contributed by atoms with Crippen LogP contribution in [0.15, 0.2) is 0 Å². The second kappa shape index (κ2) is 6.95. The van der Waals surface area contributed by atoms with Gasteiger partial charge in [0, 0.05) is 0 Å². The number of carbonyl (C=O) groups excluding carboxylic acids is 1. The van der Waals surface area contributed by atoms with Crippen LogP contribution in [-0.4, -0.2) is 32.3 Å². The first-order valence-corrected chi connectivity index (χ1v) is 11.8. The Balaban J connectivity index is 2.97. The zero-order valence-corrected chi connectivity index (χ0v) is 10.5. The Labute approximate surface area is 76.1 Å². The van der Waals surface area contributed by atoms with E-state index in [1.165, 1.54) is 17.8 Å². The summed E-state index contributed by atoms with van der Waals surface area (Å²) in [4.78, 5) is 15.1. The molecule has 0 amide bonds. The summed E-state index contributed by atoms with van der Waals surface area (Å²) in [6.07, 6.45) is 2.29. The van der Waals surface area contributed by atoms with Crippen LogP contribution in [0.2, 0.25) is 14.3 Å². The number of hydrogen-bond acceptors (Lipinski definition) is 2. The molecule has 0 aliphatic carbocycles. The van der Waals surface area contributed by atoms with Gasteiger partial charge in [0.15, 0.2) is 0 Å². The Morgan fingerprint density at radius 3 is 2.45 bits per heavy atom. The van der Waals surface area contributed by atoms with Crippen LogP contribution in [0.1, 0.15) is 19.8 Å². The molecule has 0 saturated carbocycles. The molecule has 0 saturated heterocycles. The average molecular weight is 264 g/mol. The molecule has 0 unspecified atom stereocenters. The standard InChI is InChI=1S/C6H11O2.2CH3.Sn/c1-3-4-5-8-6(2)7;;;/h1,3-5H2,2H3;2*1H3;. The average Bonchev–Trinajstić information content (AvgIpc) is 1.85. The molecule has 3 heteroatoms. The first kappa shape index (κ1) is 11.3. The van der Waals surface area contributed by atoms with Crippen LogP contribution in [0.5, 0.6) is 0 Å². The van der Waals surface area contributed by atoms with Crippen molar-refractivity contribution in [3.05, 3.63) is 0 Å². The summed E-state index contributed by atoms with van der Waals surface area (Å²) in [6.45, 7) is 2.08. The van der Waals surface area contributed by atoms with Crippen LogP contribution >= 0.6 is 0 Å². The topological polar surface area (TPSA) is 26.3 Å². The van der Waals surface area contributed by atoms with Gasteiger partial charge in [-0.25, -0.2) is 0 Å². The number of unbranched alkanes of at least 4 members (excludes halogenated alkanes) is 1. The van der Waals surface area contributed by atoms with Crippen molar-refractivity contribution in [1.82, 2.24) is 0 Å². The van der Waals surface area contributed by atoms with Crippen molar-refractivity contribution in [2.45, 2.75) is 34.1 Å². The Hall–Kier alpha value is 0.269. The first-order chi connectivity index (χ1) is 5.13. The number of ether oxygens (including phenoxy) is 1. The molecule has 1 radical (unpaired) electrons. The van der Waals surface area contributed by atoms with E-state index in [4.69, 9.17) is 4.74 Å². The van der Waals surface area contributed by atoms with E-state index in [-0.39, 0.29) is 5.97 Å². The van der Waals surface area contributed by atoms with Crippen LogP contribution in [-0.2, 0) is 9.53 Å². The molecular weight excluding hydrogens is 247 g/mol. The summed E-state index contributed by atoms with van der Waals surface area (Å²) >= 11 is -0.850. The second-order valence-corrected chi connectivity index (χ2v) is 11.3. The maximum absolute atomic E-state index is 10.3. The molecule has 0 heterocycles. The second-order valence-electron chi connectivity index (χ2n) is 3.00. The van der Waals surface area contributed by atoms with Gasteiger partial charge in [0.05, 0.1) is 0 Å². The molecule has 65 valence electrons. The fourth-order valence-electron chi connectivity index (χ4n) is 0.797. The molecule has 0 bridgehead atoms. The van der Waals surface area contributed by atoms with Crippen molar-refractivity contribution >= 4 is 25.7 Å². The molecule has 0 fully saturated rings. The summed E-state index contributed by atoms with van der Waals surface area (Å²) in [5.41, 5.74) is 0. The van der Waals surface area contributed by atoms with Gasteiger partial charge in [-0.15, -0.1) is 0 Å². The van der Waals surface area contributed by atoms with E-state index in [0.29, 0.717) is 6.61 Å². The molecular formula is C8H17O2Sn. The van der Waals surface area contributed by atoms with Gasteiger partial charge in [0.2, 0.25) is 0 Å². The van der Waals surface area contributed by atoms with Gasteiger partial charge < -0.3 is 0 Å². The molecule has 0 aromatic heterocycles. The quantitative estimate of drug-likeness (QED) is 0.431. The van der Waals surface area contributed by atoms with Gasteiger partial charge in [-0.05, 0) is 0 Å². The van der Waals surface area contributed by atoms with Gasteiger partial charge in [0.1, 0.15) is 0 Å². The van der Waals surface area contributed by atoms with Crippen molar-refractivity contribution in [2.24, 2.45) is 0 Å². The Bertz CT molecular complexity index is 113. The van der Waals surface area contributed by atoms with Crippen LogP contribution in [0.25, 0.3) is 0 Å². The minimum atomic E-state index is -0.850. The van der Waals surface area contributed by atoms with E-state index in [0.717, 1.165) is 6.42 Å². The molecule has 0 spiro atoms. The van der Waals surface area contributed by atoms with E-state index >= 15 is 0 Å². The third-order valence-electron chi connectivity index (χ3n) is 1.38. The van der Waals surface area contributed by atoms with Gasteiger partial charge in [-0.3, -0.25) is 0 Å². The van der Waals surface area contributed by atoms with Crippen LogP contribution < -0.4 is 0 Å². The van der Waals surface area contributed by atoms with Crippen molar-refractivity contribution in [1.29, 1.82) is 0 Å². The minimum absolute atomic E-state index is 0.156. The van der Waals surface area contributed by atoms with E-state index in [1.807, 2.05) is 0 Å². The predicted octanol–water partition coefficient (Wildman–Crippen LogP) is 2.08. The number of carbonyl (C=O) groups is 1. The van der Waals surface area contributed by atoms with Crippen molar-refractivity contribution in [3.8, 4) is 0 Å². The number of rotatable bonds is 5. The van der Waals surface area contributed by atoms with Gasteiger partial charge in [0.25, 0.3) is 0 Å². The summed E-state index contributed by atoms with van der Waals surface area (Å²) < 4.78 is 6.23. The molecule has 0 aromatic carbocycles. The summed E-state index contributed by atoms with van der Waals surface area (Å²) in [6, 6.07) is 0. The van der Waals surface area contributed by atoms with E-state index in [9.17, 15) is 4.79 Å². The monoisotopic (exact) mass is 265 g/mol. The zero-order valence-electron chi connectivity index (χ0n) is 7.64. The third-order valence-corrected chi connectivity index (χ3v) is 5.24. The van der Waals surface area contributed by atoms with Crippen molar-refractivity contribution in [3.63, 3.8) is 0 Å². The predicted molar refractivity (Wildman–Crippen MR) is 48.2 cm³/mol. The molecule has 0 aromatic rings. The van der Waals surface area contributed by atoms with Gasteiger partial charge >= 0.3 is 75.9 Å². The Morgan fingerprint density at radius 2 is 2.00 bits per heavy atom. The van der Waals surface area contributed by atoms with Crippen LogP contribution in [0, 0.1) is 0 Å². The van der Waals surface area contributed by atoms with Gasteiger partial charge in [-0.2, -0.15) is 0 Å². The van der Waals surface area contributed by atoms with E-state index < -0.39 is 19.8 Å². The number of esters is 1. The fraction of sp³-hybridized carbons (Fsp3) is 0.875. The summed E-state index contributed by atoms with van der Waals surface area (Å²) in [5.74, 6) is -0.156. The van der Waals surface area contributed by atoms with E-state index in [1.54, 1.807) is 0 Å². The van der Waals surface area contributed by atoms with Gasteiger partial charge in [-0.1, -0.05) is 0 Å². The summed E-state index contributed by atoms with van der Waals surface area (Å²) in [5, 5.41) is 0. The fourth-order valence-corrected chi connectivity index (χ4v) is 3.53. The van der Waals surface area contributed by atoms with Crippen LogP contribution in [0.4, 0.5) is 0 Å². The van der Waals surface area contributed by atoms with Crippen LogP contribution in [0.3, 0.4) is 0 Å². The molecule has 0 N–H and O–H groups in total. The normalized spacial score (nSPS) is 10.2. The first-order valence-electron chi connectivity index (χ1n) is 4.05. The zero-order chi connectivity index (χ0) is 8.69. The molecule has 0 aliphatic heterocycles. The van der Waals surface area contributed by atoms with E-state index in [2.05, 4.69) is 9.88 Å². The Kier molecular flexibility index (Phi) is 7.12. The molecule has 0 rings (SSSR count). The molecule has 11 heavy (non-hydrogen) atoms. The third kappa shape index (κ3) is 10.3. The maximum atomic E-state index is 10.3.